The first-order valence-corrected chi connectivity index (χ1v) is 14.4. The summed E-state index contributed by atoms with van der Waals surface area (Å²) in [5, 5.41) is 13.7. The number of nitrogens with one attached hydrogen (secondary N) is 1. The smallest absolute Gasteiger partial charge is 0.408 e. The lowest BCUT2D eigenvalue weighted by Crippen LogP contribution is -2.51. The third-order valence-electron chi connectivity index (χ3n) is 8.60. The lowest BCUT2D eigenvalue weighted by Gasteiger charge is -2.34. The predicted molar refractivity (Wildman–Crippen MR) is 153 cm³/mol. The lowest BCUT2D eigenvalue weighted by atomic mass is 9.72. The fraction of sp³-hybridized carbons (Fsp3) is 0.562. The van der Waals surface area contributed by atoms with Crippen molar-refractivity contribution in [3.05, 3.63) is 59.7 Å². The second-order valence-corrected chi connectivity index (χ2v) is 11.8. The Bertz CT molecular complexity index is 1150. The Balaban J connectivity index is 1.51. The van der Waals surface area contributed by atoms with E-state index in [0.717, 1.165) is 36.8 Å². The summed E-state index contributed by atoms with van der Waals surface area (Å²) in [5.41, 5.74) is 1.27. The zero-order chi connectivity index (χ0) is 28.9. The molecule has 8 heteroatoms. The highest BCUT2D eigenvalue weighted by Gasteiger charge is 2.49. The number of hydrogen-bond acceptors (Lipinski definition) is 6. The summed E-state index contributed by atoms with van der Waals surface area (Å²) >= 11 is 0. The van der Waals surface area contributed by atoms with Crippen molar-refractivity contribution in [3.8, 4) is 11.5 Å². The molecule has 2 amide bonds. The van der Waals surface area contributed by atoms with Gasteiger partial charge in [0.05, 0.1) is 19.3 Å². The van der Waals surface area contributed by atoms with E-state index in [1.54, 1.807) is 18.9 Å². The van der Waals surface area contributed by atoms with E-state index < -0.39 is 23.7 Å². The Kier molecular flexibility index (Phi) is 9.61. The normalized spacial score (nSPS) is 22.7. The maximum atomic E-state index is 13.8. The molecule has 2 N–H and O–H groups in total. The fourth-order valence-electron chi connectivity index (χ4n) is 5.88. The summed E-state index contributed by atoms with van der Waals surface area (Å²) < 4.78 is 17.3. The van der Waals surface area contributed by atoms with E-state index in [9.17, 15) is 14.7 Å². The Morgan fingerprint density at radius 2 is 1.77 bits per heavy atom. The highest BCUT2D eigenvalue weighted by molar-refractivity contribution is 5.86. The zero-order valence-corrected chi connectivity index (χ0v) is 24.4. The maximum Gasteiger partial charge on any atom is 0.408 e. The van der Waals surface area contributed by atoms with Crippen LogP contribution in [0.4, 0.5) is 4.79 Å². The fourth-order valence-corrected chi connectivity index (χ4v) is 5.88. The molecular formula is C32H44N2O6. The third kappa shape index (κ3) is 6.72. The molecule has 2 fully saturated rings. The molecule has 1 saturated carbocycles. The Hall–Kier alpha value is -3.26. The molecule has 0 aromatic heterocycles. The minimum atomic E-state index is -0.752. The summed E-state index contributed by atoms with van der Waals surface area (Å²) in [6.45, 7) is 8.50. The first-order chi connectivity index (χ1) is 19.1. The van der Waals surface area contributed by atoms with Gasteiger partial charge in [0.25, 0.3) is 0 Å². The number of alkyl carbamates (subject to hydrolysis) is 1. The minimum absolute atomic E-state index is 0.125. The van der Waals surface area contributed by atoms with Crippen LogP contribution in [0.15, 0.2) is 48.5 Å². The van der Waals surface area contributed by atoms with Crippen molar-refractivity contribution in [3.63, 3.8) is 0 Å². The van der Waals surface area contributed by atoms with Crippen LogP contribution in [0.25, 0.3) is 0 Å². The number of ether oxygens (including phenoxy) is 3. The van der Waals surface area contributed by atoms with Crippen LogP contribution in [0.2, 0.25) is 0 Å². The molecule has 0 spiro atoms. The molecule has 0 radical (unpaired) electrons. The van der Waals surface area contributed by atoms with E-state index in [-0.39, 0.29) is 30.5 Å². The number of benzene rings is 2. The maximum absolute atomic E-state index is 13.8. The quantitative estimate of drug-likeness (QED) is 0.416. The van der Waals surface area contributed by atoms with Gasteiger partial charge in [-0.3, -0.25) is 4.79 Å². The lowest BCUT2D eigenvalue weighted by molar-refractivity contribution is -0.134. The number of methoxy groups -OCH3 is 1. The number of carbonyl (C=O) groups is 2. The van der Waals surface area contributed by atoms with Gasteiger partial charge >= 0.3 is 6.09 Å². The molecule has 40 heavy (non-hydrogen) atoms. The molecular weight excluding hydrogens is 508 g/mol. The van der Waals surface area contributed by atoms with Crippen LogP contribution in [-0.2, 0) is 16.1 Å². The van der Waals surface area contributed by atoms with Gasteiger partial charge in [0.2, 0.25) is 5.91 Å². The van der Waals surface area contributed by atoms with Crippen molar-refractivity contribution in [1.82, 2.24) is 10.2 Å². The molecule has 218 valence electrons. The number of aliphatic hydroxyl groups is 1. The molecule has 4 rings (SSSR count). The van der Waals surface area contributed by atoms with Crippen LogP contribution in [-0.4, -0.2) is 60.5 Å². The van der Waals surface area contributed by atoms with Gasteiger partial charge in [-0.1, -0.05) is 57.2 Å². The van der Waals surface area contributed by atoms with Crippen LogP contribution in [0.5, 0.6) is 11.5 Å². The molecule has 2 aliphatic rings. The van der Waals surface area contributed by atoms with Gasteiger partial charge in [-0.05, 0) is 61.8 Å². The zero-order valence-electron chi connectivity index (χ0n) is 24.4. The molecule has 2 aromatic rings. The molecule has 2 aromatic carbocycles. The second-order valence-electron chi connectivity index (χ2n) is 11.8. The summed E-state index contributed by atoms with van der Waals surface area (Å²) in [6.07, 6.45) is 3.26. The van der Waals surface area contributed by atoms with Crippen molar-refractivity contribution < 1.29 is 28.9 Å². The first-order valence-electron chi connectivity index (χ1n) is 14.4. The standard InChI is InChI=1S/C32H44N2O6/c1-21(2)29(33-31(37)39-19-23-11-7-6-8-12-23)30(36)34-18-26(32(4,20-34)22(3)35)24-15-16-27(38-5)28(17-24)40-25-13-9-10-14-25/h6-8,11-12,15-17,21-22,25-26,29,35H,9-10,13-14,18-20H2,1-5H3,(H,33,37). The summed E-state index contributed by atoms with van der Waals surface area (Å²) in [5.74, 6) is 0.912. The van der Waals surface area contributed by atoms with E-state index in [4.69, 9.17) is 14.2 Å². The number of nitrogens with zero attached hydrogens (tertiary/aromatic N) is 1. The Labute approximate surface area is 238 Å². The van der Waals surface area contributed by atoms with Gasteiger partial charge in [-0.2, -0.15) is 0 Å². The number of hydrogen-bond donors (Lipinski definition) is 2. The highest BCUT2D eigenvalue weighted by atomic mass is 16.5. The average molecular weight is 553 g/mol. The van der Waals surface area contributed by atoms with E-state index in [1.165, 1.54) is 0 Å². The molecule has 4 unspecified atom stereocenters. The van der Waals surface area contributed by atoms with Gasteiger partial charge in [-0.25, -0.2) is 4.79 Å². The number of amides is 2. The SMILES string of the molecule is COc1ccc(C2CN(C(=O)C(NC(=O)OCc3ccccc3)C(C)C)CC2(C)C(C)O)cc1OC1CCCC1. The van der Waals surface area contributed by atoms with Crippen molar-refractivity contribution >= 4 is 12.0 Å². The van der Waals surface area contributed by atoms with Gasteiger partial charge in [0, 0.05) is 24.4 Å². The van der Waals surface area contributed by atoms with Gasteiger partial charge in [-0.15, -0.1) is 0 Å². The van der Waals surface area contributed by atoms with Crippen LogP contribution < -0.4 is 14.8 Å². The van der Waals surface area contributed by atoms with Crippen LogP contribution >= 0.6 is 0 Å². The predicted octanol–water partition coefficient (Wildman–Crippen LogP) is 5.28. The molecule has 1 aliphatic heterocycles. The van der Waals surface area contributed by atoms with Crippen LogP contribution in [0.3, 0.4) is 0 Å². The third-order valence-corrected chi connectivity index (χ3v) is 8.60. The number of rotatable bonds is 10. The van der Waals surface area contributed by atoms with Crippen LogP contribution in [0, 0.1) is 11.3 Å². The van der Waals surface area contributed by atoms with Crippen molar-refractivity contribution in [1.29, 1.82) is 0 Å². The monoisotopic (exact) mass is 552 g/mol. The summed E-state index contributed by atoms with van der Waals surface area (Å²) in [7, 11) is 1.64. The molecule has 1 heterocycles. The Morgan fingerprint density at radius 3 is 2.40 bits per heavy atom. The molecule has 1 aliphatic carbocycles. The van der Waals surface area contributed by atoms with Crippen LogP contribution in [0.1, 0.15) is 70.4 Å². The van der Waals surface area contributed by atoms with E-state index in [0.29, 0.717) is 24.6 Å². The molecule has 0 bridgehead atoms. The number of likely N-dealkylation sites (tertiary alicyclic amines) is 1. The largest absolute Gasteiger partial charge is 0.493 e. The highest BCUT2D eigenvalue weighted by Crippen LogP contribution is 2.47. The molecule has 8 nitrogen and oxygen atoms in total. The van der Waals surface area contributed by atoms with Gasteiger partial charge in [0.1, 0.15) is 12.6 Å². The Morgan fingerprint density at radius 1 is 1.07 bits per heavy atom. The summed E-state index contributed by atoms with van der Waals surface area (Å²) in [4.78, 5) is 28.2. The topological polar surface area (TPSA) is 97.3 Å². The average Bonchev–Trinajstić information content (AvgIpc) is 3.59. The second kappa shape index (κ2) is 12.9. The molecule has 4 atom stereocenters. The van der Waals surface area contributed by atoms with E-state index in [2.05, 4.69) is 5.32 Å². The number of aliphatic hydroxyl groups excluding tert-OH is 1. The molecule has 1 saturated heterocycles. The van der Waals surface area contributed by atoms with Gasteiger partial charge < -0.3 is 29.5 Å². The van der Waals surface area contributed by atoms with Gasteiger partial charge in [0.15, 0.2) is 11.5 Å². The van der Waals surface area contributed by atoms with Crippen molar-refractivity contribution in [2.45, 2.75) is 84.2 Å². The van der Waals surface area contributed by atoms with E-state index >= 15 is 0 Å². The number of carbonyl (C=O) groups excluding carboxylic acids is 2. The minimum Gasteiger partial charge on any atom is -0.493 e. The van der Waals surface area contributed by atoms with E-state index in [1.807, 2.05) is 69.3 Å². The summed E-state index contributed by atoms with van der Waals surface area (Å²) in [6, 6.07) is 14.6. The van der Waals surface area contributed by atoms with Crippen molar-refractivity contribution in [2.24, 2.45) is 11.3 Å². The van der Waals surface area contributed by atoms with Crippen molar-refractivity contribution in [2.75, 3.05) is 20.2 Å². The first kappa shape index (κ1) is 29.7.